The highest BCUT2D eigenvalue weighted by atomic mass is 16.7. The van der Waals surface area contributed by atoms with E-state index in [4.69, 9.17) is 9.47 Å². The highest BCUT2D eigenvalue weighted by Gasteiger charge is 2.44. The molecular formula is C21H22O10. The van der Waals surface area contributed by atoms with E-state index in [1.54, 1.807) is 0 Å². The first-order valence-electron chi connectivity index (χ1n) is 9.26. The lowest BCUT2D eigenvalue weighted by molar-refractivity contribution is -0.277. The summed E-state index contributed by atoms with van der Waals surface area (Å²) in [5.41, 5.74) is 0.395. The monoisotopic (exact) mass is 434 g/mol. The van der Waals surface area contributed by atoms with Crippen molar-refractivity contribution >= 4 is 11.9 Å². The molecule has 0 amide bonds. The fourth-order valence-corrected chi connectivity index (χ4v) is 3.00. The van der Waals surface area contributed by atoms with Crippen molar-refractivity contribution in [2.75, 3.05) is 6.61 Å². The molecule has 3 rings (SSSR count). The molecule has 0 saturated carbocycles. The Morgan fingerprint density at radius 1 is 0.935 bits per heavy atom. The normalized spacial score (nSPS) is 26.1. The maximum absolute atomic E-state index is 12.4. The first-order valence-corrected chi connectivity index (χ1v) is 9.26. The minimum atomic E-state index is -1.62. The van der Waals surface area contributed by atoms with Gasteiger partial charge in [0, 0.05) is 6.07 Å². The number of ether oxygens (including phenoxy) is 2. The van der Waals surface area contributed by atoms with Gasteiger partial charge in [-0.05, 0) is 35.9 Å². The number of phenols is 3. The molecule has 7 N–H and O–H groups in total. The Bertz CT molecular complexity index is 971. The fraction of sp³-hybridized carbons (Fsp3) is 0.286. The number of aromatic hydroxyl groups is 3. The van der Waals surface area contributed by atoms with Crippen LogP contribution in [0.1, 0.15) is 15.9 Å². The highest BCUT2D eigenvalue weighted by molar-refractivity contribution is 6.08. The molecule has 0 aliphatic carbocycles. The van der Waals surface area contributed by atoms with Gasteiger partial charge in [-0.2, -0.15) is 0 Å². The molecule has 10 heteroatoms. The van der Waals surface area contributed by atoms with Crippen LogP contribution in [0.2, 0.25) is 0 Å². The number of aliphatic hydroxyl groups excluding tert-OH is 4. The smallest absolute Gasteiger partial charge is 0.229 e. The van der Waals surface area contributed by atoms with Gasteiger partial charge in [0.1, 0.15) is 35.9 Å². The van der Waals surface area contributed by atoms with E-state index >= 15 is 0 Å². The first-order chi connectivity index (χ1) is 14.7. The molecule has 2 aromatic carbocycles. The molecule has 1 aliphatic rings. The number of carbonyl (C=O) groups excluding carboxylic acids is 1. The van der Waals surface area contributed by atoms with Gasteiger partial charge in [0.2, 0.25) is 6.29 Å². The van der Waals surface area contributed by atoms with Gasteiger partial charge in [0.25, 0.3) is 0 Å². The average molecular weight is 434 g/mol. The van der Waals surface area contributed by atoms with Crippen LogP contribution in [0.3, 0.4) is 0 Å². The van der Waals surface area contributed by atoms with Gasteiger partial charge >= 0.3 is 0 Å². The van der Waals surface area contributed by atoms with Gasteiger partial charge in [0.15, 0.2) is 17.3 Å². The van der Waals surface area contributed by atoms with E-state index in [2.05, 4.69) is 0 Å². The van der Waals surface area contributed by atoms with Crippen LogP contribution in [0.5, 0.6) is 23.0 Å². The lowest BCUT2D eigenvalue weighted by atomic mass is 9.99. The van der Waals surface area contributed by atoms with E-state index in [9.17, 15) is 40.5 Å². The number of benzene rings is 2. The molecule has 1 saturated heterocycles. The molecule has 31 heavy (non-hydrogen) atoms. The van der Waals surface area contributed by atoms with Gasteiger partial charge in [-0.25, -0.2) is 0 Å². The summed E-state index contributed by atoms with van der Waals surface area (Å²) >= 11 is 0. The minimum Gasteiger partial charge on any atom is -0.507 e. The predicted molar refractivity (Wildman–Crippen MR) is 106 cm³/mol. The van der Waals surface area contributed by atoms with Crippen molar-refractivity contribution < 1.29 is 50.0 Å². The second-order valence-corrected chi connectivity index (χ2v) is 6.94. The minimum absolute atomic E-state index is 0.00539. The van der Waals surface area contributed by atoms with Crippen molar-refractivity contribution in [3.8, 4) is 23.0 Å². The van der Waals surface area contributed by atoms with Gasteiger partial charge in [-0.3, -0.25) is 4.79 Å². The number of ketones is 1. The van der Waals surface area contributed by atoms with Gasteiger partial charge in [-0.1, -0.05) is 12.1 Å². The second-order valence-electron chi connectivity index (χ2n) is 6.94. The number of aliphatic hydroxyl groups is 4. The van der Waals surface area contributed by atoms with Gasteiger partial charge in [0.05, 0.1) is 12.2 Å². The largest absolute Gasteiger partial charge is 0.507 e. The Morgan fingerprint density at radius 3 is 2.32 bits per heavy atom. The zero-order valence-corrected chi connectivity index (χ0v) is 16.1. The molecule has 1 heterocycles. The molecule has 0 aromatic heterocycles. The van der Waals surface area contributed by atoms with E-state index < -0.39 is 48.8 Å². The summed E-state index contributed by atoms with van der Waals surface area (Å²) in [4.78, 5) is 12.4. The summed E-state index contributed by atoms with van der Waals surface area (Å²) < 4.78 is 10.6. The number of allylic oxidation sites excluding steroid dienone is 1. The van der Waals surface area contributed by atoms with Crippen LogP contribution >= 0.6 is 0 Å². The summed E-state index contributed by atoms with van der Waals surface area (Å²) in [6.45, 7) is -0.616. The summed E-state index contributed by atoms with van der Waals surface area (Å²) in [6, 6.07) is 7.72. The lowest BCUT2D eigenvalue weighted by Gasteiger charge is -2.39. The molecule has 2 aromatic rings. The highest BCUT2D eigenvalue weighted by Crippen LogP contribution is 2.29. The lowest BCUT2D eigenvalue weighted by Crippen LogP contribution is -2.60. The zero-order chi connectivity index (χ0) is 22.7. The van der Waals surface area contributed by atoms with Crippen LogP contribution in [0.25, 0.3) is 6.08 Å². The van der Waals surface area contributed by atoms with E-state index in [0.717, 1.165) is 6.07 Å². The second kappa shape index (κ2) is 9.33. The third kappa shape index (κ3) is 4.95. The number of rotatable bonds is 6. The number of hydrogen-bond acceptors (Lipinski definition) is 10. The maximum Gasteiger partial charge on any atom is 0.229 e. The molecule has 1 aliphatic heterocycles. The Morgan fingerprint density at radius 2 is 1.68 bits per heavy atom. The Labute approximate surface area is 176 Å². The number of hydrogen-bond donors (Lipinski definition) is 7. The van der Waals surface area contributed by atoms with Crippen LogP contribution in [0.4, 0.5) is 0 Å². The van der Waals surface area contributed by atoms with E-state index in [-0.39, 0.29) is 22.8 Å². The third-order valence-corrected chi connectivity index (χ3v) is 4.76. The van der Waals surface area contributed by atoms with Gasteiger partial charge in [-0.15, -0.1) is 0 Å². The molecule has 1 fully saturated rings. The average Bonchev–Trinajstić information content (AvgIpc) is 2.74. The van der Waals surface area contributed by atoms with Crippen LogP contribution in [-0.4, -0.2) is 78.8 Å². The summed E-state index contributed by atoms with van der Waals surface area (Å²) in [7, 11) is 0. The Kier molecular flexibility index (Phi) is 6.78. The summed E-state index contributed by atoms with van der Waals surface area (Å²) in [5, 5.41) is 67.8. The van der Waals surface area contributed by atoms with Crippen LogP contribution < -0.4 is 4.74 Å². The molecule has 10 nitrogen and oxygen atoms in total. The fourth-order valence-electron chi connectivity index (χ4n) is 3.00. The summed E-state index contributed by atoms with van der Waals surface area (Å²) in [5.74, 6) is -1.61. The quantitative estimate of drug-likeness (QED) is 0.184. The van der Waals surface area contributed by atoms with Crippen molar-refractivity contribution in [3.63, 3.8) is 0 Å². The SMILES string of the molecule is O=C(/C=C/c1ccc(O)c(O)c1)c1ccc(O[C@@H]2O[C@H](CO)[C@@H](O)[C@H](O)[C@H]2O)cc1O. The van der Waals surface area contributed by atoms with Crippen molar-refractivity contribution in [2.24, 2.45) is 0 Å². The number of phenolic OH excluding ortho intramolecular Hbond substituents is 3. The molecule has 0 spiro atoms. The molecule has 0 radical (unpaired) electrons. The van der Waals surface area contributed by atoms with Crippen molar-refractivity contribution in [2.45, 2.75) is 30.7 Å². The van der Waals surface area contributed by atoms with Crippen LogP contribution in [0.15, 0.2) is 42.5 Å². The third-order valence-electron chi connectivity index (χ3n) is 4.76. The molecular weight excluding hydrogens is 412 g/mol. The van der Waals surface area contributed by atoms with Crippen molar-refractivity contribution in [3.05, 3.63) is 53.6 Å². The van der Waals surface area contributed by atoms with Crippen molar-refractivity contribution in [1.29, 1.82) is 0 Å². The molecule has 0 bridgehead atoms. The maximum atomic E-state index is 12.4. The zero-order valence-electron chi connectivity index (χ0n) is 16.1. The predicted octanol–water partition coefficient (Wildman–Crippen LogP) is -0.122. The topological polar surface area (TPSA) is 177 Å². The molecule has 0 unspecified atom stereocenters. The van der Waals surface area contributed by atoms with Crippen LogP contribution in [0, 0.1) is 0 Å². The first kappa shape index (κ1) is 22.5. The Balaban J connectivity index is 1.71. The van der Waals surface area contributed by atoms with Crippen LogP contribution in [-0.2, 0) is 4.74 Å². The Hall–Kier alpha value is -3.15. The summed E-state index contributed by atoms with van der Waals surface area (Å²) in [6.07, 6.45) is -4.80. The van der Waals surface area contributed by atoms with Gasteiger partial charge < -0.3 is 45.2 Å². The van der Waals surface area contributed by atoms with E-state index in [0.29, 0.717) is 5.56 Å². The van der Waals surface area contributed by atoms with Crippen molar-refractivity contribution in [1.82, 2.24) is 0 Å². The van der Waals surface area contributed by atoms with E-state index in [1.165, 1.54) is 42.5 Å². The number of carbonyl (C=O) groups is 1. The molecule has 5 atom stereocenters. The standard InChI is InChI=1S/C21H22O10/c22-9-17-18(27)19(28)20(29)21(31-17)30-11-3-4-12(15(25)8-11)13(23)5-1-10-2-6-14(24)16(26)7-10/h1-8,17-22,24-29H,9H2/b5-1+/t17-,18-,19+,20-,21-/m1/s1. The van der Waals surface area contributed by atoms with E-state index in [1.807, 2.05) is 0 Å². The molecule has 166 valence electrons.